The molecule has 40 heavy (non-hydrogen) atoms. The Morgan fingerprint density at radius 3 is 2.58 bits per heavy atom. The number of likely N-dealkylation sites (N-methyl/N-ethyl adjacent to an activating group) is 1. The fourth-order valence-corrected chi connectivity index (χ4v) is 5.93. The van der Waals surface area contributed by atoms with E-state index in [0.717, 1.165) is 36.7 Å². The van der Waals surface area contributed by atoms with Gasteiger partial charge in [0.15, 0.2) is 0 Å². The first-order valence-corrected chi connectivity index (χ1v) is 13.6. The van der Waals surface area contributed by atoms with Crippen LogP contribution in [-0.2, 0) is 23.9 Å². The molecule has 0 spiro atoms. The van der Waals surface area contributed by atoms with Crippen molar-refractivity contribution < 1.29 is 22.7 Å². The first-order chi connectivity index (χ1) is 19.2. The van der Waals surface area contributed by atoms with Gasteiger partial charge >= 0.3 is 6.18 Å². The number of carbonyl (C=O) groups is 1. The molecule has 3 aliphatic rings. The molecule has 4 heterocycles. The lowest BCUT2D eigenvalue weighted by atomic mass is 9.97. The topological polar surface area (TPSA) is 75.9 Å². The molecule has 0 radical (unpaired) electrons. The van der Waals surface area contributed by atoms with Crippen LogP contribution in [0.1, 0.15) is 35.2 Å². The number of likely N-dealkylation sites (tertiary alicyclic amines) is 1. The van der Waals surface area contributed by atoms with Crippen molar-refractivity contribution >= 4 is 17.3 Å². The van der Waals surface area contributed by atoms with E-state index in [1.165, 1.54) is 18.2 Å². The number of hydrogen-bond donors (Lipinski definition) is 0. The van der Waals surface area contributed by atoms with Gasteiger partial charge in [-0.3, -0.25) is 4.79 Å². The summed E-state index contributed by atoms with van der Waals surface area (Å²) in [6.45, 7) is 7.40. The van der Waals surface area contributed by atoms with E-state index in [1.807, 2.05) is 7.05 Å². The molecule has 1 unspecified atom stereocenters. The number of pyridine rings is 1. The third-order valence-electron chi connectivity index (χ3n) is 8.12. The van der Waals surface area contributed by atoms with Gasteiger partial charge in [0.1, 0.15) is 18.2 Å². The average Bonchev–Trinajstić information content (AvgIpc) is 3.38. The summed E-state index contributed by atoms with van der Waals surface area (Å²) < 4.78 is 47.7. The van der Waals surface area contributed by atoms with Gasteiger partial charge in [-0.1, -0.05) is 18.7 Å². The maximum atomic E-state index is 13.8. The summed E-state index contributed by atoms with van der Waals surface area (Å²) in [7, 11) is 2.04. The van der Waals surface area contributed by atoms with Gasteiger partial charge in [0.05, 0.1) is 23.5 Å². The van der Waals surface area contributed by atoms with E-state index in [2.05, 4.69) is 22.4 Å². The highest BCUT2D eigenvalue weighted by Crippen LogP contribution is 2.41. The van der Waals surface area contributed by atoms with E-state index in [1.54, 1.807) is 15.9 Å². The Balaban J connectivity index is 1.51. The van der Waals surface area contributed by atoms with Gasteiger partial charge in [-0.15, -0.1) is 0 Å². The van der Waals surface area contributed by atoms with E-state index >= 15 is 0 Å². The Bertz CT molecular complexity index is 1320. The Kier molecular flexibility index (Phi) is 7.90. The van der Waals surface area contributed by atoms with Crippen molar-refractivity contribution in [3.8, 4) is 11.9 Å². The summed E-state index contributed by atoms with van der Waals surface area (Å²) in [5.41, 5.74) is 1.95. The quantitative estimate of drug-likeness (QED) is 0.503. The number of aromatic nitrogens is 1. The van der Waals surface area contributed by atoms with Gasteiger partial charge in [-0.05, 0) is 51.1 Å². The number of benzene rings is 1. The molecule has 0 bridgehead atoms. The van der Waals surface area contributed by atoms with Crippen LogP contribution in [0.5, 0.6) is 5.88 Å². The number of amides is 1. The number of ether oxygens (including phenoxy) is 1. The molecule has 11 heteroatoms. The van der Waals surface area contributed by atoms with Crippen LogP contribution < -0.4 is 14.5 Å². The van der Waals surface area contributed by atoms with E-state index < -0.39 is 11.7 Å². The van der Waals surface area contributed by atoms with Crippen molar-refractivity contribution in [2.45, 2.75) is 38.0 Å². The predicted octanol–water partition coefficient (Wildman–Crippen LogP) is 3.84. The van der Waals surface area contributed by atoms with Gasteiger partial charge < -0.3 is 24.3 Å². The van der Waals surface area contributed by atoms with E-state index in [4.69, 9.17) is 9.72 Å². The van der Waals surface area contributed by atoms with Crippen LogP contribution in [0.3, 0.4) is 0 Å². The Morgan fingerprint density at radius 1 is 1.18 bits per heavy atom. The van der Waals surface area contributed by atoms with Crippen molar-refractivity contribution in [2.75, 3.05) is 62.7 Å². The maximum Gasteiger partial charge on any atom is 0.418 e. The summed E-state index contributed by atoms with van der Waals surface area (Å²) >= 11 is 0. The minimum atomic E-state index is -4.48. The van der Waals surface area contributed by atoms with Crippen molar-refractivity contribution in [1.82, 2.24) is 14.8 Å². The fraction of sp³-hybridized carbons (Fsp3) is 0.483. The third-order valence-corrected chi connectivity index (χ3v) is 8.12. The van der Waals surface area contributed by atoms with E-state index in [-0.39, 0.29) is 30.1 Å². The SMILES string of the molecule is C=CC(=O)N1CCN(c2c(C#N)c(OCC3CCCN3C)nc3c2CCN(c2ccccc2C(F)(F)F)C3)CC1. The highest BCUT2D eigenvalue weighted by atomic mass is 19.4. The van der Waals surface area contributed by atoms with Crippen LogP contribution in [0, 0.1) is 11.3 Å². The molecule has 0 N–H and O–H groups in total. The number of carbonyl (C=O) groups excluding carboxylic acids is 1. The second-order valence-corrected chi connectivity index (χ2v) is 10.5. The molecule has 212 valence electrons. The molecule has 0 aliphatic carbocycles. The van der Waals surface area contributed by atoms with Gasteiger partial charge in [0.2, 0.25) is 11.8 Å². The molecule has 1 atom stereocenters. The number of anilines is 2. The summed E-state index contributed by atoms with van der Waals surface area (Å²) in [5, 5.41) is 10.3. The molecule has 2 aromatic rings. The third kappa shape index (κ3) is 5.45. The lowest BCUT2D eigenvalue weighted by Gasteiger charge is -2.39. The van der Waals surface area contributed by atoms with Crippen molar-refractivity contribution in [3.63, 3.8) is 0 Å². The van der Waals surface area contributed by atoms with Crippen molar-refractivity contribution in [2.24, 2.45) is 0 Å². The van der Waals surface area contributed by atoms with E-state index in [0.29, 0.717) is 57.0 Å². The Labute approximate surface area is 232 Å². The summed E-state index contributed by atoms with van der Waals surface area (Å²) in [5.74, 6) is 0.0766. The van der Waals surface area contributed by atoms with Gasteiger partial charge in [0.25, 0.3) is 0 Å². The molecule has 1 aromatic heterocycles. The van der Waals surface area contributed by atoms with Gasteiger partial charge in [0, 0.05) is 50.0 Å². The molecule has 1 amide bonds. The average molecular weight is 555 g/mol. The minimum absolute atomic E-state index is 0.111. The number of alkyl halides is 3. The number of rotatable bonds is 6. The second-order valence-electron chi connectivity index (χ2n) is 10.5. The van der Waals surface area contributed by atoms with Gasteiger partial charge in [-0.25, -0.2) is 4.98 Å². The summed E-state index contributed by atoms with van der Waals surface area (Å²) in [6.07, 6.45) is -0.707. The zero-order chi connectivity index (χ0) is 28.4. The first-order valence-electron chi connectivity index (χ1n) is 13.6. The van der Waals surface area contributed by atoms with Crippen molar-refractivity contribution in [1.29, 1.82) is 5.26 Å². The van der Waals surface area contributed by atoms with Crippen LogP contribution in [0.4, 0.5) is 24.5 Å². The van der Waals surface area contributed by atoms with Crippen molar-refractivity contribution in [3.05, 3.63) is 59.3 Å². The number of para-hydroxylation sites is 1. The molecule has 5 rings (SSSR count). The molecule has 2 fully saturated rings. The normalized spacial score (nSPS) is 19.8. The first kappa shape index (κ1) is 27.8. The highest BCUT2D eigenvalue weighted by Gasteiger charge is 2.37. The predicted molar refractivity (Wildman–Crippen MR) is 145 cm³/mol. The number of hydrogen-bond acceptors (Lipinski definition) is 7. The second kappa shape index (κ2) is 11.4. The monoisotopic (exact) mass is 554 g/mol. The van der Waals surface area contributed by atoms with Crippen LogP contribution in [0.25, 0.3) is 0 Å². The van der Waals surface area contributed by atoms with E-state index in [9.17, 15) is 23.2 Å². The zero-order valence-electron chi connectivity index (χ0n) is 22.6. The summed E-state index contributed by atoms with van der Waals surface area (Å²) in [4.78, 5) is 24.6. The number of halogens is 3. The number of fused-ring (bicyclic) bond motifs is 1. The van der Waals surface area contributed by atoms with Crippen LogP contribution in [-0.4, -0.2) is 79.7 Å². The number of nitrogens with zero attached hydrogens (tertiary/aromatic N) is 6. The molecular weight excluding hydrogens is 521 g/mol. The summed E-state index contributed by atoms with van der Waals surface area (Å²) in [6, 6.07) is 8.10. The molecule has 1 aromatic carbocycles. The molecule has 2 saturated heterocycles. The smallest absolute Gasteiger partial charge is 0.418 e. The molecule has 3 aliphatic heterocycles. The Hall–Kier alpha value is -3.78. The van der Waals surface area contributed by atoms with Gasteiger partial charge in [-0.2, -0.15) is 18.4 Å². The fourth-order valence-electron chi connectivity index (χ4n) is 5.93. The molecule has 8 nitrogen and oxygen atoms in total. The Morgan fingerprint density at radius 2 is 1.93 bits per heavy atom. The van der Waals surface area contributed by atoms with Crippen LogP contribution >= 0.6 is 0 Å². The van der Waals surface area contributed by atoms with Crippen LogP contribution in [0.15, 0.2) is 36.9 Å². The molecular formula is C29H33F3N6O2. The lowest BCUT2D eigenvalue weighted by Crippen LogP contribution is -2.49. The lowest BCUT2D eigenvalue weighted by molar-refractivity contribution is -0.137. The largest absolute Gasteiger partial charge is 0.475 e. The standard InChI is InChI=1S/C29H33F3N6O2/c1-3-26(39)36-13-15-37(16-14-36)27-21-10-12-38(25-9-5-4-8-23(25)29(30,31)32)18-24(21)34-28(22(27)17-33)40-19-20-7-6-11-35(20)2/h3-5,8-9,20H,1,6-7,10-16,18-19H2,2H3. The highest BCUT2D eigenvalue weighted by molar-refractivity contribution is 5.87. The maximum absolute atomic E-state index is 13.8. The minimum Gasteiger partial charge on any atom is -0.475 e. The van der Waals surface area contributed by atoms with Crippen LogP contribution in [0.2, 0.25) is 0 Å². The molecule has 0 saturated carbocycles. The zero-order valence-corrected chi connectivity index (χ0v) is 22.6. The number of piperazine rings is 1. The number of nitriles is 1.